The zero-order valence-corrected chi connectivity index (χ0v) is 14.5. The van der Waals surface area contributed by atoms with E-state index in [-0.39, 0.29) is 30.2 Å². The topological polar surface area (TPSA) is 63.1 Å². The van der Waals surface area contributed by atoms with Crippen LogP contribution in [0.5, 0.6) is 0 Å². The van der Waals surface area contributed by atoms with Crippen LogP contribution in [-0.4, -0.2) is 41.0 Å². The summed E-state index contributed by atoms with van der Waals surface area (Å²) >= 11 is 0. The minimum atomic E-state index is -0.331. The predicted molar refractivity (Wildman–Crippen MR) is 92.3 cm³/mol. The Labute approximate surface area is 146 Å². The van der Waals surface area contributed by atoms with Gasteiger partial charge in [-0.15, -0.1) is 17.5 Å². The molecule has 0 spiro atoms. The van der Waals surface area contributed by atoms with Gasteiger partial charge < -0.3 is 10.2 Å². The quantitative estimate of drug-likeness (QED) is 0.920. The Bertz CT molecular complexity index is 697. The molecule has 8 heteroatoms. The van der Waals surface area contributed by atoms with Crippen molar-refractivity contribution in [2.24, 2.45) is 0 Å². The Hall–Kier alpha value is -1.99. The Morgan fingerprint density at radius 1 is 1.29 bits per heavy atom. The molecule has 0 aliphatic carbocycles. The SMILES string of the molecule is Cc1c(C(=O)N(C)c2ccc(F)cc2)nnn1C1CCNCC1.Cl. The summed E-state index contributed by atoms with van der Waals surface area (Å²) in [4.78, 5) is 14.1. The van der Waals surface area contributed by atoms with Gasteiger partial charge in [-0.25, -0.2) is 9.07 Å². The number of nitrogens with one attached hydrogen (secondary N) is 1. The minimum Gasteiger partial charge on any atom is -0.317 e. The molecule has 0 bridgehead atoms. The average Bonchev–Trinajstić information content (AvgIpc) is 2.96. The van der Waals surface area contributed by atoms with Crippen LogP contribution in [0, 0.1) is 12.7 Å². The first-order chi connectivity index (χ1) is 11.1. The summed E-state index contributed by atoms with van der Waals surface area (Å²) in [6.07, 6.45) is 1.96. The van der Waals surface area contributed by atoms with E-state index in [1.165, 1.54) is 17.0 Å². The number of aromatic nitrogens is 3. The molecule has 1 fully saturated rings. The van der Waals surface area contributed by atoms with Gasteiger partial charge in [-0.05, 0) is 57.1 Å². The summed E-state index contributed by atoms with van der Waals surface area (Å²) < 4.78 is 14.9. The Morgan fingerprint density at radius 2 is 1.92 bits per heavy atom. The molecule has 1 aliphatic heterocycles. The molecule has 1 aliphatic rings. The van der Waals surface area contributed by atoms with E-state index in [4.69, 9.17) is 0 Å². The average molecular weight is 354 g/mol. The maximum Gasteiger partial charge on any atom is 0.280 e. The van der Waals surface area contributed by atoms with E-state index in [0.29, 0.717) is 11.4 Å². The number of halogens is 2. The smallest absolute Gasteiger partial charge is 0.280 e. The fraction of sp³-hybridized carbons (Fsp3) is 0.438. The molecular formula is C16H21ClFN5O. The summed E-state index contributed by atoms with van der Waals surface area (Å²) in [5, 5.41) is 11.6. The maximum absolute atomic E-state index is 13.0. The van der Waals surface area contributed by atoms with E-state index in [1.54, 1.807) is 19.2 Å². The molecule has 2 heterocycles. The summed E-state index contributed by atoms with van der Waals surface area (Å²) in [6, 6.07) is 6.08. The number of nitrogens with zero attached hydrogens (tertiary/aromatic N) is 4. The Kier molecular flexibility index (Phi) is 5.90. The van der Waals surface area contributed by atoms with E-state index in [9.17, 15) is 9.18 Å². The van der Waals surface area contributed by atoms with Gasteiger partial charge in [0.15, 0.2) is 5.69 Å². The van der Waals surface area contributed by atoms with Crippen LogP contribution >= 0.6 is 12.4 Å². The summed E-state index contributed by atoms with van der Waals surface area (Å²) in [7, 11) is 1.65. The second-order valence-corrected chi connectivity index (χ2v) is 5.79. The van der Waals surface area contributed by atoms with Crippen molar-refractivity contribution < 1.29 is 9.18 Å². The second kappa shape index (κ2) is 7.72. The molecule has 2 aromatic rings. The zero-order valence-electron chi connectivity index (χ0n) is 13.7. The first-order valence-electron chi connectivity index (χ1n) is 7.74. The van der Waals surface area contributed by atoms with E-state index >= 15 is 0 Å². The fourth-order valence-electron chi connectivity index (χ4n) is 2.88. The van der Waals surface area contributed by atoms with E-state index in [1.807, 2.05) is 11.6 Å². The highest BCUT2D eigenvalue weighted by Gasteiger charge is 2.25. The number of carbonyl (C=O) groups excluding carboxylic acids is 1. The predicted octanol–water partition coefficient (Wildman–Crippen LogP) is 2.35. The molecule has 1 N–H and O–H groups in total. The van der Waals surface area contributed by atoms with Crippen molar-refractivity contribution in [1.29, 1.82) is 0 Å². The fourth-order valence-corrected chi connectivity index (χ4v) is 2.88. The lowest BCUT2D eigenvalue weighted by molar-refractivity contribution is 0.0987. The van der Waals surface area contributed by atoms with Crippen LogP contribution < -0.4 is 10.2 Å². The van der Waals surface area contributed by atoms with Crippen molar-refractivity contribution >= 4 is 24.0 Å². The van der Waals surface area contributed by atoms with Crippen LogP contribution in [0.1, 0.15) is 35.1 Å². The van der Waals surface area contributed by atoms with Crippen LogP contribution in [0.25, 0.3) is 0 Å². The van der Waals surface area contributed by atoms with Crippen molar-refractivity contribution in [2.45, 2.75) is 25.8 Å². The normalized spacial score (nSPS) is 15.0. The third kappa shape index (κ3) is 3.57. The highest BCUT2D eigenvalue weighted by molar-refractivity contribution is 6.04. The number of anilines is 1. The van der Waals surface area contributed by atoms with Gasteiger partial charge in [-0.1, -0.05) is 5.21 Å². The van der Waals surface area contributed by atoms with Crippen molar-refractivity contribution in [2.75, 3.05) is 25.0 Å². The molecule has 1 amide bonds. The maximum atomic E-state index is 13.0. The van der Waals surface area contributed by atoms with Crippen LogP contribution in [0.15, 0.2) is 24.3 Å². The van der Waals surface area contributed by atoms with Gasteiger partial charge in [0, 0.05) is 12.7 Å². The lowest BCUT2D eigenvalue weighted by Gasteiger charge is -2.23. The van der Waals surface area contributed by atoms with E-state index < -0.39 is 0 Å². The molecule has 0 radical (unpaired) electrons. The monoisotopic (exact) mass is 353 g/mol. The summed E-state index contributed by atoms with van der Waals surface area (Å²) in [5.74, 6) is -0.572. The Morgan fingerprint density at radius 3 is 2.54 bits per heavy atom. The van der Waals surface area contributed by atoms with Gasteiger partial charge in [-0.3, -0.25) is 4.79 Å². The van der Waals surface area contributed by atoms with E-state index in [2.05, 4.69) is 15.6 Å². The minimum absolute atomic E-state index is 0. The van der Waals surface area contributed by atoms with Crippen molar-refractivity contribution in [3.05, 3.63) is 41.5 Å². The number of hydrogen-bond acceptors (Lipinski definition) is 4. The first kappa shape index (κ1) is 18.4. The molecule has 1 aromatic carbocycles. The van der Waals surface area contributed by atoms with Gasteiger partial charge in [0.25, 0.3) is 5.91 Å². The molecule has 3 rings (SSSR count). The highest BCUT2D eigenvalue weighted by Crippen LogP contribution is 2.22. The molecule has 1 saturated heterocycles. The molecule has 0 saturated carbocycles. The summed E-state index contributed by atoms with van der Waals surface area (Å²) in [5.41, 5.74) is 1.73. The highest BCUT2D eigenvalue weighted by atomic mass is 35.5. The van der Waals surface area contributed by atoms with Crippen molar-refractivity contribution in [1.82, 2.24) is 20.3 Å². The lowest BCUT2D eigenvalue weighted by atomic mass is 10.1. The number of benzene rings is 1. The molecule has 0 unspecified atom stereocenters. The van der Waals surface area contributed by atoms with Crippen LogP contribution in [-0.2, 0) is 0 Å². The number of carbonyl (C=O) groups is 1. The van der Waals surface area contributed by atoms with Crippen LogP contribution in [0.4, 0.5) is 10.1 Å². The van der Waals surface area contributed by atoms with Crippen LogP contribution in [0.3, 0.4) is 0 Å². The molecular weight excluding hydrogens is 333 g/mol. The largest absolute Gasteiger partial charge is 0.317 e. The van der Waals surface area contributed by atoms with Gasteiger partial charge in [0.2, 0.25) is 0 Å². The molecule has 0 atom stereocenters. The van der Waals surface area contributed by atoms with Gasteiger partial charge >= 0.3 is 0 Å². The molecule has 1 aromatic heterocycles. The number of piperidine rings is 1. The van der Waals surface area contributed by atoms with Gasteiger partial charge in [0.1, 0.15) is 5.82 Å². The van der Waals surface area contributed by atoms with Gasteiger partial charge in [0.05, 0.1) is 11.7 Å². The van der Waals surface area contributed by atoms with E-state index in [0.717, 1.165) is 31.6 Å². The molecule has 130 valence electrons. The number of hydrogen-bond donors (Lipinski definition) is 1. The summed E-state index contributed by atoms with van der Waals surface area (Å²) in [6.45, 7) is 3.76. The lowest BCUT2D eigenvalue weighted by Crippen LogP contribution is -2.31. The molecule has 24 heavy (non-hydrogen) atoms. The van der Waals surface area contributed by atoms with Crippen molar-refractivity contribution in [3.8, 4) is 0 Å². The third-order valence-electron chi connectivity index (χ3n) is 4.30. The Balaban J connectivity index is 0.00000208. The van der Waals surface area contributed by atoms with Crippen LogP contribution in [0.2, 0.25) is 0 Å². The number of amides is 1. The number of rotatable bonds is 3. The van der Waals surface area contributed by atoms with Crippen molar-refractivity contribution in [3.63, 3.8) is 0 Å². The van der Waals surface area contributed by atoms with Gasteiger partial charge in [-0.2, -0.15) is 0 Å². The second-order valence-electron chi connectivity index (χ2n) is 5.79. The zero-order chi connectivity index (χ0) is 16.4. The molecule has 6 nitrogen and oxygen atoms in total. The first-order valence-corrected chi connectivity index (χ1v) is 7.74. The standard InChI is InChI=1S/C16H20FN5O.ClH/c1-11-15(19-20-22(11)14-7-9-18-10-8-14)16(23)21(2)13-5-3-12(17)4-6-13;/h3-6,14,18H,7-10H2,1-2H3;1H. The third-order valence-corrected chi connectivity index (χ3v) is 4.30.